The zero-order chi connectivity index (χ0) is 24.7. The van der Waals surface area contributed by atoms with E-state index in [1.54, 1.807) is 30.3 Å². The third-order valence-electron chi connectivity index (χ3n) is 5.95. The van der Waals surface area contributed by atoms with Crippen molar-refractivity contribution in [1.82, 2.24) is 4.98 Å². The minimum Gasteiger partial charge on any atom is -0.507 e. The SMILES string of the molecule is CCOc1ccc(/C(O)=C2\C(=O)C(=O)N(c3nc4ccccc4s3)C2c2ccco2)cc1C(C)C. The van der Waals surface area contributed by atoms with Gasteiger partial charge in [-0.2, -0.15) is 0 Å². The molecule has 1 unspecified atom stereocenters. The number of carbonyl (C=O) groups is 2. The number of fused-ring (bicyclic) bond motifs is 1. The van der Waals surface area contributed by atoms with Crippen molar-refractivity contribution in [2.75, 3.05) is 11.5 Å². The Bertz CT molecular complexity index is 1420. The lowest BCUT2D eigenvalue weighted by Crippen LogP contribution is -2.29. The number of ketones is 1. The molecule has 1 N–H and O–H groups in total. The zero-order valence-electron chi connectivity index (χ0n) is 19.5. The minimum atomic E-state index is -0.945. The third kappa shape index (κ3) is 3.89. The van der Waals surface area contributed by atoms with Crippen LogP contribution in [-0.2, 0) is 9.59 Å². The second-order valence-electron chi connectivity index (χ2n) is 8.49. The van der Waals surface area contributed by atoms with Gasteiger partial charge >= 0.3 is 5.91 Å². The van der Waals surface area contributed by atoms with Crippen LogP contribution in [0, 0.1) is 0 Å². The van der Waals surface area contributed by atoms with Gasteiger partial charge in [0.15, 0.2) is 5.13 Å². The molecule has 1 amide bonds. The molecule has 7 nitrogen and oxygen atoms in total. The molecule has 4 aromatic rings. The highest BCUT2D eigenvalue weighted by molar-refractivity contribution is 7.22. The first-order valence-corrected chi connectivity index (χ1v) is 12.2. The molecular weight excluding hydrogens is 464 g/mol. The van der Waals surface area contributed by atoms with Crippen LogP contribution in [0.3, 0.4) is 0 Å². The first-order valence-electron chi connectivity index (χ1n) is 11.4. The monoisotopic (exact) mass is 488 g/mol. The van der Waals surface area contributed by atoms with E-state index in [2.05, 4.69) is 4.98 Å². The molecule has 0 bridgehead atoms. The molecule has 1 atom stereocenters. The zero-order valence-corrected chi connectivity index (χ0v) is 20.3. The van der Waals surface area contributed by atoms with Gasteiger partial charge in [0.05, 0.1) is 28.7 Å². The summed E-state index contributed by atoms with van der Waals surface area (Å²) in [7, 11) is 0. The molecule has 1 fully saturated rings. The molecule has 8 heteroatoms. The fourth-order valence-electron chi connectivity index (χ4n) is 4.30. The van der Waals surface area contributed by atoms with Crippen LogP contribution in [0.5, 0.6) is 5.75 Å². The predicted octanol–water partition coefficient (Wildman–Crippen LogP) is 6.04. The Balaban J connectivity index is 1.68. The number of Topliss-reactive ketones (excluding diaryl/α,β-unsaturated/α-hetero) is 1. The summed E-state index contributed by atoms with van der Waals surface area (Å²) in [5.41, 5.74) is 2.01. The van der Waals surface area contributed by atoms with Gasteiger partial charge in [0.2, 0.25) is 0 Å². The van der Waals surface area contributed by atoms with E-state index in [1.165, 1.54) is 22.5 Å². The van der Waals surface area contributed by atoms with Gasteiger partial charge < -0.3 is 14.3 Å². The molecule has 5 rings (SSSR count). The number of ether oxygens (including phenoxy) is 1. The topological polar surface area (TPSA) is 92.9 Å². The molecule has 3 heterocycles. The fraction of sp³-hybridized carbons (Fsp3) is 0.222. The lowest BCUT2D eigenvalue weighted by Gasteiger charge is -2.21. The van der Waals surface area contributed by atoms with E-state index < -0.39 is 17.7 Å². The molecule has 0 saturated carbocycles. The van der Waals surface area contributed by atoms with Gasteiger partial charge in [0, 0.05) is 5.56 Å². The van der Waals surface area contributed by atoms with Crippen molar-refractivity contribution in [2.24, 2.45) is 0 Å². The first kappa shape index (κ1) is 22.9. The third-order valence-corrected chi connectivity index (χ3v) is 6.99. The van der Waals surface area contributed by atoms with E-state index in [4.69, 9.17) is 9.15 Å². The average molecular weight is 489 g/mol. The van der Waals surface area contributed by atoms with Gasteiger partial charge in [0.25, 0.3) is 5.78 Å². The van der Waals surface area contributed by atoms with Crippen LogP contribution in [0.2, 0.25) is 0 Å². The van der Waals surface area contributed by atoms with E-state index in [1.807, 2.05) is 45.0 Å². The quantitative estimate of drug-likeness (QED) is 0.202. The fourth-order valence-corrected chi connectivity index (χ4v) is 5.29. The van der Waals surface area contributed by atoms with Crippen molar-refractivity contribution in [1.29, 1.82) is 0 Å². The van der Waals surface area contributed by atoms with Gasteiger partial charge in [0.1, 0.15) is 23.3 Å². The normalized spacial score (nSPS) is 17.6. The summed E-state index contributed by atoms with van der Waals surface area (Å²) in [6.07, 6.45) is 1.47. The van der Waals surface area contributed by atoms with Gasteiger partial charge in [-0.1, -0.05) is 37.3 Å². The smallest absolute Gasteiger partial charge is 0.302 e. The number of nitrogens with zero attached hydrogens (tertiary/aromatic N) is 2. The van der Waals surface area contributed by atoms with Crippen LogP contribution in [0.1, 0.15) is 49.6 Å². The molecule has 1 aliphatic heterocycles. The van der Waals surface area contributed by atoms with Crippen LogP contribution in [0.25, 0.3) is 16.0 Å². The maximum atomic E-state index is 13.3. The molecule has 0 spiro atoms. The number of aromatic nitrogens is 1. The van der Waals surface area contributed by atoms with E-state index in [9.17, 15) is 14.7 Å². The Morgan fingerprint density at radius 3 is 2.66 bits per heavy atom. The van der Waals surface area contributed by atoms with Crippen molar-refractivity contribution in [3.8, 4) is 5.75 Å². The molecule has 178 valence electrons. The summed E-state index contributed by atoms with van der Waals surface area (Å²) in [6.45, 7) is 6.47. The number of para-hydroxylation sites is 1. The molecule has 35 heavy (non-hydrogen) atoms. The van der Waals surface area contributed by atoms with Crippen LogP contribution < -0.4 is 9.64 Å². The molecule has 1 saturated heterocycles. The second kappa shape index (κ2) is 9.03. The largest absolute Gasteiger partial charge is 0.507 e. The number of anilines is 1. The number of carbonyl (C=O) groups excluding carboxylic acids is 2. The van der Waals surface area contributed by atoms with Crippen LogP contribution >= 0.6 is 11.3 Å². The first-order chi connectivity index (χ1) is 16.9. The van der Waals surface area contributed by atoms with E-state index in [-0.39, 0.29) is 17.3 Å². The number of aliphatic hydroxyl groups is 1. The van der Waals surface area contributed by atoms with Gasteiger partial charge in [-0.3, -0.25) is 14.5 Å². The number of furan rings is 1. The van der Waals surface area contributed by atoms with E-state index in [0.29, 0.717) is 23.1 Å². The second-order valence-corrected chi connectivity index (χ2v) is 9.50. The van der Waals surface area contributed by atoms with Crippen molar-refractivity contribution in [3.63, 3.8) is 0 Å². The Kier molecular flexibility index (Phi) is 5.90. The van der Waals surface area contributed by atoms with Crippen LogP contribution in [0.4, 0.5) is 5.13 Å². The summed E-state index contributed by atoms with van der Waals surface area (Å²) < 4.78 is 12.3. The Labute approximate surface area is 206 Å². The number of aliphatic hydroxyl groups excluding tert-OH is 1. The van der Waals surface area contributed by atoms with Crippen LogP contribution in [0.15, 0.2) is 70.9 Å². The standard InChI is InChI=1S/C27H24N2O5S/c1-4-33-19-12-11-16(14-17(19)15(2)3)24(30)22-23(20-9-7-13-34-20)29(26(32)25(22)31)27-28-18-8-5-6-10-21(18)35-27/h5-15,23,30H,4H2,1-3H3/b24-22+. The number of hydrogen-bond acceptors (Lipinski definition) is 7. The maximum Gasteiger partial charge on any atom is 0.302 e. The number of hydrogen-bond donors (Lipinski definition) is 1. The highest BCUT2D eigenvalue weighted by Gasteiger charge is 2.49. The number of rotatable bonds is 6. The minimum absolute atomic E-state index is 0.0388. The van der Waals surface area contributed by atoms with E-state index in [0.717, 1.165) is 21.5 Å². The maximum absolute atomic E-state index is 13.3. The molecule has 1 aliphatic rings. The molecule has 0 aliphatic carbocycles. The number of amides is 1. The van der Waals surface area contributed by atoms with E-state index >= 15 is 0 Å². The summed E-state index contributed by atoms with van der Waals surface area (Å²) in [5.74, 6) is -0.615. The molecule has 0 radical (unpaired) electrons. The Morgan fingerprint density at radius 2 is 1.97 bits per heavy atom. The Morgan fingerprint density at radius 1 is 1.17 bits per heavy atom. The lowest BCUT2D eigenvalue weighted by atomic mass is 9.95. The number of thiazole rings is 1. The summed E-state index contributed by atoms with van der Waals surface area (Å²) in [4.78, 5) is 32.5. The van der Waals surface area contributed by atoms with Crippen molar-refractivity contribution < 1.29 is 23.8 Å². The highest BCUT2D eigenvalue weighted by Crippen LogP contribution is 2.44. The molecule has 2 aromatic carbocycles. The predicted molar refractivity (Wildman–Crippen MR) is 135 cm³/mol. The van der Waals surface area contributed by atoms with Gasteiger partial charge in [-0.05, 0) is 60.9 Å². The summed E-state index contributed by atoms with van der Waals surface area (Å²) in [6, 6.07) is 15.2. The van der Waals surface area contributed by atoms with Gasteiger partial charge in [-0.15, -0.1) is 0 Å². The van der Waals surface area contributed by atoms with Crippen molar-refractivity contribution in [3.05, 3.63) is 83.3 Å². The van der Waals surface area contributed by atoms with Crippen molar-refractivity contribution in [2.45, 2.75) is 32.7 Å². The highest BCUT2D eigenvalue weighted by atomic mass is 32.1. The summed E-state index contributed by atoms with van der Waals surface area (Å²) >= 11 is 1.30. The summed E-state index contributed by atoms with van der Waals surface area (Å²) in [5, 5.41) is 11.8. The number of benzene rings is 2. The Hall–Kier alpha value is -3.91. The van der Waals surface area contributed by atoms with Gasteiger partial charge in [-0.25, -0.2) is 4.98 Å². The molecule has 2 aromatic heterocycles. The van der Waals surface area contributed by atoms with Crippen molar-refractivity contribution >= 4 is 44.1 Å². The van der Waals surface area contributed by atoms with Crippen LogP contribution in [-0.4, -0.2) is 28.4 Å². The lowest BCUT2D eigenvalue weighted by molar-refractivity contribution is -0.132. The molecular formula is C27H24N2O5S. The average Bonchev–Trinajstić information content (AvgIpc) is 3.57.